The predicted molar refractivity (Wildman–Crippen MR) is 118 cm³/mol. The Bertz CT molecular complexity index is 1170. The number of aliphatic hydroxyl groups is 1. The molecule has 158 valence electrons. The monoisotopic (exact) mass is 417 g/mol. The van der Waals surface area contributed by atoms with Crippen molar-refractivity contribution < 1.29 is 9.90 Å². The average molecular weight is 417 g/mol. The molecule has 0 saturated carbocycles. The van der Waals surface area contributed by atoms with Crippen LogP contribution in [0, 0.1) is 5.92 Å². The van der Waals surface area contributed by atoms with E-state index in [4.69, 9.17) is 0 Å². The largest absolute Gasteiger partial charge is 0.396 e. The van der Waals surface area contributed by atoms with Crippen molar-refractivity contribution in [2.24, 2.45) is 5.92 Å². The Hall–Kier alpha value is -3.72. The summed E-state index contributed by atoms with van der Waals surface area (Å²) in [6.45, 7) is 1.89. The highest BCUT2D eigenvalue weighted by Crippen LogP contribution is 2.23. The summed E-state index contributed by atoms with van der Waals surface area (Å²) in [6.07, 6.45) is 3.63. The highest BCUT2D eigenvalue weighted by atomic mass is 16.3. The minimum Gasteiger partial charge on any atom is -0.396 e. The maximum absolute atomic E-state index is 12.6. The lowest BCUT2D eigenvalue weighted by atomic mass is 9.99. The molecular formula is C22H23N7O2. The van der Waals surface area contributed by atoms with Crippen molar-refractivity contribution in [2.75, 3.05) is 29.9 Å². The number of hydrogen-bond acceptors (Lipinski definition) is 6. The number of amides is 1. The fraction of sp³-hybridized carbons (Fsp3) is 0.273. The molecule has 4 N–H and O–H groups in total. The molecule has 31 heavy (non-hydrogen) atoms. The van der Waals surface area contributed by atoms with Gasteiger partial charge in [-0.25, -0.2) is 9.97 Å². The molecule has 1 fully saturated rings. The number of H-pyrrole nitrogens is 2. The van der Waals surface area contributed by atoms with E-state index in [2.05, 4.69) is 35.4 Å². The highest BCUT2D eigenvalue weighted by Gasteiger charge is 2.20. The summed E-state index contributed by atoms with van der Waals surface area (Å²) in [6, 6.07) is 13.1. The van der Waals surface area contributed by atoms with Gasteiger partial charge < -0.3 is 20.3 Å². The van der Waals surface area contributed by atoms with E-state index < -0.39 is 0 Å². The second-order valence-corrected chi connectivity index (χ2v) is 7.77. The highest BCUT2D eigenvalue weighted by molar-refractivity contribution is 6.03. The Balaban J connectivity index is 1.26. The third-order valence-corrected chi connectivity index (χ3v) is 5.58. The van der Waals surface area contributed by atoms with E-state index in [1.54, 1.807) is 18.3 Å². The predicted octanol–water partition coefficient (Wildman–Crippen LogP) is 2.81. The van der Waals surface area contributed by atoms with E-state index in [1.807, 2.05) is 30.3 Å². The Kier molecular flexibility index (Phi) is 5.09. The number of pyridine rings is 1. The normalized spacial score (nSPS) is 16.5. The third kappa shape index (κ3) is 3.99. The summed E-state index contributed by atoms with van der Waals surface area (Å²) in [5.41, 5.74) is 2.93. The number of nitrogens with zero attached hydrogens (tertiary/aromatic N) is 4. The van der Waals surface area contributed by atoms with Crippen molar-refractivity contribution in [3.05, 3.63) is 54.2 Å². The summed E-state index contributed by atoms with van der Waals surface area (Å²) in [5.74, 6) is 1.88. The van der Waals surface area contributed by atoms with E-state index in [9.17, 15) is 9.90 Å². The van der Waals surface area contributed by atoms with E-state index >= 15 is 0 Å². The van der Waals surface area contributed by atoms with Gasteiger partial charge in [-0.05, 0) is 43.0 Å². The summed E-state index contributed by atoms with van der Waals surface area (Å²) in [7, 11) is 0. The number of aromatic nitrogens is 5. The first-order chi connectivity index (χ1) is 15.2. The van der Waals surface area contributed by atoms with Crippen LogP contribution >= 0.6 is 0 Å². The van der Waals surface area contributed by atoms with Gasteiger partial charge in [0.1, 0.15) is 11.5 Å². The van der Waals surface area contributed by atoms with Crippen molar-refractivity contribution >= 4 is 28.6 Å². The smallest absolute Gasteiger partial charge is 0.258 e. The molecular weight excluding hydrogens is 394 g/mol. The number of hydrogen-bond donors (Lipinski definition) is 4. The Morgan fingerprint density at radius 3 is 2.97 bits per heavy atom. The molecule has 1 aliphatic heterocycles. The molecule has 1 aromatic carbocycles. The fourth-order valence-electron chi connectivity index (χ4n) is 3.91. The Morgan fingerprint density at radius 2 is 2.16 bits per heavy atom. The van der Waals surface area contributed by atoms with Crippen LogP contribution in [-0.2, 0) is 0 Å². The molecule has 0 spiro atoms. The quantitative estimate of drug-likeness (QED) is 0.396. The van der Waals surface area contributed by atoms with Gasteiger partial charge in [0, 0.05) is 32.0 Å². The molecule has 3 aromatic heterocycles. The number of anilines is 2. The van der Waals surface area contributed by atoms with E-state index in [1.165, 1.54) is 0 Å². The number of benzene rings is 1. The number of carbonyl (C=O) groups is 1. The number of para-hydroxylation sites is 2. The standard InChI is InChI=1S/C22H23N7O2/c30-13-14-4-3-9-29(12-14)20-8-7-15(11-23-20)22(31)26-19-10-18(27-28-19)21-24-16-5-1-2-6-17(16)25-21/h1-2,5-8,10-11,14,30H,3-4,9,12-13H2,(H,24,25)(H2,26,27,28,31). The Labute approximate surface area is 178 Å². The van der Waals surface area contributed by atoms with Crippen LogP contribution in [-0.4, -0.2) is 55.9 Å². The summed E-state index contributed by atoms with van der Waals surface area (Å²) in [4.78, 5) is 27.0. The van der Waals surface area contributed by atoms with Gasteiger partial charge >= 0.3 is 0 Å². The van der Waals surface area contributed by atoms with Crippen LogP contribution in [0.3, 0.4) is 0 Å². The van der Waals surface area contributed by atoms with E-state index in [0.29, 0.717) is 22.9 Å². The zero-order chi connectivity index (χ0) is 21.2. The fourth-order valence-corrected chi connectivity index (χ4v) is 3.91. The van der Waals surface area contributed by atoms with E-state index in [0.717, 1.165) is 42.8 Å². The van der Waals surface area contributed by atoms with Gasteiger partial charge in [-0.2, -0.15) is 5.10 Å². The summed E-state index contributed by atoms with van der Waals surface area (Å²) in [5, 5.41) is 19.3. The molecule has 5 rings (SSSR count). The molecule has 1 amide bonds. The van der Waals surface area contributed by atoms with Crippen LogP contribution < -0.4 is 10.2 Å². The second kappa shape index (κ2) is 8.19. The number of nitrogens with one attached hydrogen (secondary N) is 3. The first kappa shape index (κ1) is 19.3. The van der Waals surface area contributed by atoms with Gasteiger partial charge in [-0.3, -0.25) is 9.89 Å². The number of fused-ring (bicyclic) bond motifs is 1. The van der Waals surface area contributed by atoms with Crippen LogP contribution in [0.4, 0.5) is 11.6 Å². The maximum atomic E-state index is 12.6. The minimum atomic E-state index is -0.284. The van der Waals surface area contributed by atoms with Crippen LogP contribution in [0.15, 0.2) is 48.7 Å². The minimum absolute atomic E-state index is 0.191. The van der Waals surface area contributed by atoms with Gasteiger partial charge in [-0.15, -0.1) is 0 Å². The van der Waals surface area contributed by atoms with Crippen LogP contribution in [0.5, 0.6) is 0 Å². The average Bonchev–Trinajstić information content (AvgIpc) is 3.46. The molecule has 0 aliphatic carbocycles. The van der Waals surface area contributed by atoms with Crippen molar-refractivity contribution in [1.29, 1.82) is 0 Å². The molecule has 9 heteroatoms. The van der Waals surface area contributed by atoms with Crippen LogP contribution in [0.25, 0.3) is 22.6 Å². The molecule has 0 radical (unpaired) electrons. The third-order valence-electron chi connectivity index (χ3n) is 5.58. The van der Waals surface area contributed by atoms with Gasteiger partial charge in [-0.1, -0.05) is 12.1 Å². The lowest BCUT2D eigenvalue weighted by Gasteiger charge is -2.32. The van der Waals surface area contributed by atoms with Crippen LogP contribution in [0.1, 0.15) is 23.2 Å². The molecule has 4 heterocycles. The molecule has 1 unspecified atom stereocenters. The SMILES string of the molecule is O=C(Nc1cc(-c2nc3ccccc3[nH]2)[nH]n1)c1ccc(N2CCCC(CO)C2)nc1. The number of aromatic amines is 2. The first-order valence-corrected chi connectivity index (χ1v) is 10.3. The molecule has 1 aliphatic rings. The second-order valence-electron chi connectivity index (χ2n) is 7.77. The lowest BCUT2D eigenvalue weighted by molar-refractivity contribution is 0.102. The molecule has 4 aromatic rings. The summed E-state index contributed by atoms with van der Waals surface area (Å²) < 4.78 is 0. The lowest BCUT2D eigenvalue weighted by Crippen LogP contribution is -2.37. The van der Waals surface area contributed by atoms with Gasteiger partial charge in [0.25, 0.3) is 5.91 Å². The number of piperidine rings is 1. The molecule has 9 nitrogen and oxygen atoms in total. The molecule has 0 bridgehead atoms. The van der Waals surface area contributed by atoms with Crippen molar-refractivity contribution in [2.45, 2.75) is 12.8 Å². The topological polar surface area (TPSA) is 123 Å². The maximum Gasteiger partial charge on any atom is 0.258 e. The summed E-state index contributed by atoms with van der Waals surface area (Å²) >= 11 is 0. The molecule has 1 saturated heterocycles. The van der Waals surface area contributed by atoms with Gasteiger partial charge in [0.05, 0.1) is 16.6 Å². The van der Waals surface area contributed by atoms with Gasteiger partial charge in [0.15, 0.2) is 11.6 Å². The number of carbonyl (C=O) groups excluding carboxylic acids is 1. The van der Waals surface area contributed by atoms with Crippen LogP contribution in [0.2, 0.25) is 0 Å². The van der Waals surface area contributed by atoms with Gasteiger partial charge in [0.2, 0.25) is 0 Å². The zero-order valence-electron chi connectivity index (χ0n) is 16.9. The van der Waals surface area contributed by atoms with E-state index in [-0.39, 0.29) is 18.4 Å². The van der Waals surface area contributed by atoms with Crippen molar-refractivity contribution in [3.63, 3.8) is 0 Å². The Morgan fingerprint density at radius 1 is 1.26 bits per heavy atom. The number of imidazole rings is 1. The zero-order valence-corrected chi connectivity index (χ0v) is 16.9. The molecule has 1 atom stereocenters. The van der Waals surface area contributed by atoms with Crippen molar-refractivity contribution in [3.8, 4) is 11.5 Å². The first-order valence-electron chi connectivity index (χ1n) is 10.3. The number of rotatable bonds is 5. The number of aliphatic hydroxyl groups excluding tert-OH is 1. The van der Waals surface area contributed by atoms with Crippen molar-refractivity contribution in [1.82, 2.24) is 25.1 Å².